The van der Waals surface area contributed by atoms with Gasteiger partial charge in [-0.15, -0.1) is 0 Å². The Morgan fingerprint density at radius 3 is 2.46 bits per heavy atom. The average Bonchev–Trinajstić information content (AvgIpc) is 2.98. The Balaban J connectivity index is 1.67. The number of thiophene rings is 1. The molecule has 0 saturated carbocycles. The van der Waals surface area contributed by atoms with Crippen LogP contribution in [-0.4, -0.2) is 30.4 Å². The second-order valence-electron chi connectivity index (χ2n) is 6.24. The highest BCUT2D eigenvalue weighted by atomic mass is 79.9. The number of halogens is 1. The van der Waals surface area contributed by atoms with Crippen LogP contribution < -0.4 is 5.32 Å². The van der Waals surface area contributed by atoms with E-state index >= 15 is 0 Å². The van der Waals surface area contributed by atoms with Gasteiger partial charge in [-0.1, -0.05) is 28.8 Å². The van der Waals surface area contributed by atoms with E-state index in [1.54, 1.807) is 11.3 Å². The molecule has 1 aliphatic heterocycles. The summed E-state index contributed by atoms with van der Waals surface area (Å²) in [6.45, 7) is 2.90. The summed E-state index contributed by atoms with van der Waals surface area (Å²) in [7, 11) is 0. The fraction of sp³-hybridized carbons (Fsp3) is 0.421. The van der Waals surface area contributed by atoms with E-state index in [4.69, 9.17) is 0 Å². The number of hydrogen-bond donors (Lipinski definition) is 1. The molecule has 0 bridgehead atoms. The number of hydrogen-bond acceptors (Lipinski definition) is 3. The molecule has 1 unspecified atom stereocenters. The number of amides is 1. The Morgan fingerprint density at radius 1 is 1.12 bits per heavy atom. The van der Waals surface area contributed by atoms with E-state index in [0.29, 0.717) is 12.1 Å². The molecule has 1 aliphatic rings. The number of rotatable bonds is 5. The molecule has 128 valence electrons. The van der Waals surface area contributed by atoms with Gasteiger partial charge >= 0.3 is 0 Å². The van der Waals surface area contributed by atoms with E-state index in [1.165, 1.54) is 31.2 Å². The quantitative estimate of drug-likeness (QED) is 0.768. The molecule has 1 N–H and O–H groups in total. The highest BCUT2D eigenvalue weighted by Crippen LogP contribution is 2.25. The summed E-state index contributed by atoms with van der Waals surface area (Å²) in [5, 5.41) is 7.46. The summed E-state index contributed by atoms with van der Waals surface area (Å²) in [6.07, 6.45) is 5.14. The summed E-state index contributed by atoms with van der Waals surface area (Å²) < 4.78 is 0.986. The molecule has 0 aliphatic carbocycles. The largest absolute Gasteiger partial charge is 0.350 e. The fourth-order valence-corrected chi connectivity index (χ4v) is 4.19. The van der Waals surface area contributed by atoms with Gasteiger partial charge in [0, 0.05) is 16.6 Å². The van der Waals surface area contributed by atoms with Crippen molar-refractivity contribution >= 4 is 33.2 Å². The molecule has 5 heteroatoms. The Labute approximate surface area is 156 Å². The third-order valence-electron chi connectivity index (χ3n) is 4.57. The number of nitrogens with one attached hydrogen (secondary N) is 1. The average molecular weight is 407 g/mol. The summed E-state index contributed by atoms with van der Waals surface area (Å²) in [6, 6.07) is 9.97. The topological polar surface area (TPSA) is 32.3 Å². The van der Waals surface area contributed by atoms with Crippen molar-refractivity contribution in [3.8, 4) is 0 Å². The molecule has 3 nitrogen and oxygen atoms in total. The summed E-state index contributed by atoms with van der Waals surface area (Å²) in [5.74, 6) is -0.00227. The van der Waals surface area contributed by atoms with Crippen molar-refractivity contribution in [1.29, 1.82) is 0 Å². The third kappa shape index (κ3) is 4.68. The highest BCUT2D eigenvalue weighted by molar-refractivity contribution is 9.10. The van der Waals surface area contributed by atoms with Crippen molar-refractivity contribution in [3.63, 3.8) is 0 Å². The van der Waals surface area contributed by atoms with Crippen LogP contribution in [0.5, 0.6) is 0 Å². The van der Waals surface area contributed by atoms with Crippen LogP contribution in [0, 0.1) is 0 Å². The summed E-state index contributed by atoms with van der Waals surface area (Å²) >= 11 is 5.13. The van der Waals surface area contributed by atoms with Crippen LogP contribution in [-0.2, 0) is 0 Å². The van der Waals surface area contributed by atoms with Crippen LogP contribution >= 0.6 is 27.3 Å². The zero-order valence-electron chi connectivity index (χ0n) is 13.7. The minimum Gasteiger partial charge on any atom is -0.350 e. The van der Waals surface area contributed by atoms with E-state index in [2.05, 4.69) is 43.0 Å². The Bertz CT molecular complexity index is 634. The molecule has 24 heavy (non-hydrogen) atoms. The minimum atomic E-state index is -0.00227. The fourth-order valence-electron chi connectivity index (χ4n) is 3.22. The molecule has 1 amide bonds. The molecule has 0 radical (unpaired) electrons. The van der Waals surface area contributed by atoms with E-state index in [1.807, 2.05) is 24.3 Å². The Hall–Kier alpha value is -1.17. The van der Waals surface area contributed by atoms with Gasteiger partial charge in [0.15, 0.2) is 0 Å². The van der Waals surface area contributed by atoms with Crippen molar-refractivity contribution in [1.82, 2.24) is 10.2 Å². The normalized spacial score (nSPS) is 17.2. The molecule has 2 heterocycles. The zero-order valence-corrected chi connectivity index (χ0v) is 16.1. The number of carbonyl (C=O) groups excluding carboxylic acids is 1. The molecule has 1 fully saturated rings. The minimum absolute atomic E-state index is 0.00227. The van der Waals surface area contributed by atoms with Crippen LogP contribution in [0.1, 0.15) is 47.6 Å². The first kappa shape index (κ1) is 17.6. The van der Waals surface area contributed by atoms with Crippen molar-refractivity contribution < 1.29 is 4.79 Å². The van der Waals surface area contributed by atoms with Crippen molar-refractivity contribution in [3.05, 3.63) is 56.7 Å². The van der Waals surface area contributed by atoms with E-state index in [9.17, 15) is 4.79 Å². The molecule has 1 aromatic carbocycles. The number of likely N-dealkylation sites (tertiary alicyclic amines) is 1. The number of benzene rings is 1. The molecule has 1 aromatic heterocycles. The molecule has 3 rings (SSSR count). The van der Waals surface area contributed by atoms with Gasteiger partial charge in [-0.2, -0.15) is 11.3 Å². The first-order valence-electron chi connectivity index (χ1n) is 8.54. The lowest BCUT2D eigenvalue weighted by molar-refractivity contribution is 0.0933. The second kappa shape index (κ2) is 8.79. The van der Waals surface area contributed by atoms with Gasteiger partial charge in [0.2, 0.25) is 0 Å². The van der Waals surface area contributed by atoms with Gasteiger partial charge < -0.3 is 5.32 Å². The standard InChI is InChI=1S/C19H23BrN2OS/c20-17-7-5-15(6-8-17)19(23)21-13-18(16-9-12-24-14-16)22-10-3-1-2-4-11-22/h5-9,12,14,18H,1-4,10-11,13H2,(H,21,23). The maximum Gasteiger partial charge on any atom is 0.251 e. The predicted molar refractivity (Wildman–Crippen MR) is 104 cm³/mol. The summed E-state index contributed by atoms with van der Waals surface area (Å²) in [5.41, 5.74) is 2.02. The lowest BCUT2D eigenvalue weighted by Crippen LogP contribution is -2.38. The van der Waals surface area contributed by atoms with Crippen LogP contribution in [0.25, 0.3) is 0 Å². The third-order valence-corrected chi connectivity index (χ3v) is 5.80. The molecular formula is C19H23BrN2OS. The van der Waals surface area contributed by atoms with Gasteiger partial charge in [-0.25, -0.2) is 0 Å². The van der Waals surface area contributed by atoms with E-state index in [-0.39, 0.29) is 11.9 Å². The van der Waals surface area contributed by atoms with Crippen molar-refractivity contribution in [2.75, 3.05) is 19.6 Å². The molecule has 2 aromatic rings. The smallest absolute Gasteiger partial charge is 0.251 e. The Morgan fingerprint density at radius 2 is 1.83 bits per heavy atom. The first-order chi connectivity index (χ1) is 11.7. The van der Waals surface area contributed by atoms with Gasteiger partial charge in [0.25, 0.3) is 5.91 Å². The van der Waals surface area contributed by atoms with Gasteiger partial charge in [0.1, 0.15) is 0 Å². The summed E-state index contributed by atoms with van der Waals surface area (Å²) in [4.78, 5) is 15.0. The first-order valence-corrected chi connectivity index (χ1v) is 10.3. The second-order valence-corrected chi connectivity index (χ2v) is 7.94. The van der Waals surface area contributed by atoms with Gasteiger partial charge in [0.05, 0.1) is 6.04 Å². The lowest BCUT2D eigenvalue weighted by Gasteiger charge is -2.30. The predicted octanol–water partition coefficient (Wildman–Crippen LogP) is 4.86. The van der Waals surface area contributed by atoms with Crippen LogP contribution in [0.15, 0.2) is 45.6 Å². The SMILES string of the molecule is O=C(NCC(c1ccsc1)N1CCCCCC1)c1ccc(Br)cc1. The van der Waals surface area contributed by atoms with Crippen LogP contribution in [0.3, 0.4) is 0 Å². The lowest BCUT2D eigenvalue weighted by atomic mass is 10.1. The van der Waals surface area contributed by atoms with Crippen molar-refractivity contribution in [2.24, 2.45) is 0 Å². The maximum absolute atomic E-state index is 12.4. The maximum atomic E-state index is 12.4. The Kier molecular flexibility index (Phi) is 6.46. The van der Waals surface area contributed by atoms with Crippen LogP contribution in [0.4, 0.5) is 0 Å². The highest BCUT2D eigenvalue weighted by Gasteiger charge is 2.22. The molecule has 1 atom stereocenters. The van der Waals surface area contributed by atoms with Gasteiger partial charge in [-0.3, -0.25) is 9.69 Å². The van der Waals surface area contributed by atoms with Crippen molar-refractivity contribution in [2.45, 2.75) is 31.7 Å². The van der Waals surface area contributed by atoms with E-state index in [0.717, 1.165) is 17.6 Å². The van der Waals surface area contributed by atoms with Crippen LogP contribution in [0.2, 0.25) is 0 Å². The molecule has 1 saturated heterocycles. The van der Waals surface area contributed by atoms with E-state index < -0.39 is 0 Å². The van der Waals surface area contributed by atoms with Gasteiger partial charge in [-0.05, 0) is 72.6 Å². The zero-order chi connectivity index (χ0) is 16.8. The monoisotopic (exact) mass is 406 g/mol. The number of nitrogens with zero attached hydrogens (tertiary/aromatic N) is 1. The number of carbonyl (C=O) groups is 1. The molecular weight excluding hydrogens is 384 g/mol. The molecule has 0 spiro atoms.